The number of hydrogen-bond acceptors (Lipinski definition) is 2. The van der Waals surface area contributed by atoms with Crippen LogP contribution in [0.3, 0.4) is 0 Å². The lowest BCUT2D eigenvalue weighted by molar-refractivity contribution is 0.626. The summed E-state index contributed by atoms with van der Waals surface area (Å²) >= 11 is 3.24. The molecule has 80 valence electrons. The predicted octanol–water partition coefficient (Wildman–Crippen LogP) is 1.33. The van der Waals surface area contributed by atoms with Crippen LogP contribution in [0, 0.1) is 5.82 Å². The first-order chi connectivity index (χ1) is 7.11. The molecule has 0 saturated carbocycles. The van der Waals surface area contributed by atoms with E-state index in [0.717, 1.165) is 5.56 Å². The third kappa shape index (κ3) is 4.07. The van der Waals surface area contributed by atoms with Crippen molar-refractivity contribution in [2.24, 2.45) is 21.7 Å². The van der Waals surface area contributed by atoms with Crippen LogP contribution in [0.15, 0.2) is 28.4 Å². The van der Waals surface area contributed by atoms with E-state index >= 15 is 0 Å². The second-order valence-electron chi connectivity index (χ2n) is 2.80. The fraction of sp³-hybridized carbons (Fsp3) is 0.111. The molecule has 4 nitrogen and oxygen atoms in total. The summed E-state index contributed by atoms with van der Waals surface area (Å²) in [5, 5.41) is 7.58. The molecule has 0 saturated heterocycles. The highest BCUT2D eigenvalue weighted by molar-refractivity contribution is 9.08. The van der Waals surface area contributed by atoms with Crippen molar-refractivity contribution in [3.63, 3.8) is 0 Å². The molecule has 0 fully saturated rings. The zero-order chi connectivity index (χ0) is 11.3. The van der Waals surface area contributed by atoms with Gasteiger partial charge in [0.05, 0.1) is 6.21 Å². The fourth-order valence-electron chi connectivity index (χ4n) is 0.989. The van der Waals surface area contributed by atoms with Crippen LogP contribution in [0.25, 0.3) is 0 Å². The highest BCUT2D eigenvalue weighted by atomic mass is 79.9. The summed E-state index contributed by atoms with van der Waals surface area (Å²) in [7, 11) is 0. The molecule has 0 unspecified atom stereocenters. The lowest BCUT2D eigenvalue weighted by Gasteiger charge is -1.98. The van der Waals surface area contributed by atoms with Crippen molar-refractivity contribution in [2.75, 3.05) is 0 Å². The molecule has 0 spiro atoms. The van der Waals surface area contributed by atoms with E-state index in [-0.39, 0.29) is 11.8 Å². The molecule has 0 heterocycles. The molecule has 0 aromatic heterocycles. The topological polar surface area (TPSA) is 76.8 Å². The molecular weight excluding hydrogens is 263 g/mol. The molecule has 0 aliphatic heterocycles. The monoisotopic (exact) mass is 272 g/mol. The molecule has 4 N–H and O–H groups in total. The van der Waals surface area contributed by atoms with Crippen molar-refractivity contribution < 1.29 is 4.39 Å². The van der Waals surface area contributed by atoms with Crippen LogP contribution < -0.4 is 11.5 Å². The SMILES string of the molecule is NC(N)=NN=Cc1cc(F)cc(CBr)c1. The Morgan fingerprint density at radius 2 is 2.13 bits per heavy atom. The Morgan fingerprint density at radius 1 is 1.40 bits per heavy atom. The van der Waals surface area contributed by atoms with Crippen molar-refractivity contribution >= 4 is 28.1 Å². The normalized spacial score (nSPS) is 10.5. The third-order valence-corrected chi connectivity index (χ3v) is 2.16. The van der Waals surface area contributed by atoms with Crippen molar-refractivity contribution in [1.29, 1.82) is 0 Å². The summed E-state index contributed by atoms with van der Waals surface area (Å²) in [6.07, 6.45) is 1.38. The summed E-state index contributed by atoms with van der Waals surface area (Å²) in [5.41, 5.74) is 11.6. The lowest BCUT2D eigenvalue weighted by atomic mass is 10.1. The van der Waals surface area contributed by atoms with E-state index in [1.54, 1.807) is 6.07 Å². The molecule has 1 aromatic rings. The summed E-state index contributed by atoms with van der Waals surface area (Å²) in [6, 6.07) is 4.56. The zero-order valence-electron chi connectivity index (χ0n) is 7.82. The number of benzene rings is 1. The van der Waals surface area contributed by atoms with Crippen LogP contribution in [0.5, 0.6) is 0 Å². The van der Waals surface area contributed by atoms with Gasteiger partial charge in [-0.05, 0) is 29.3 Å². The fourth-order valence-corrected chi connectivity index (χ4v) is 1.31. The molecule has 0 amide bonds. The van der Waals surface area contributed by atoms with Gasteiger partial charge in [-0.15, -0.1) is 5.10 Å². The zero-order valence-corrected chi connectivity index (χ0v) is 9.41. The van der Waals surface area contributed by atoms with Crippen LogP contribution in [0.4, 0.5) is 4.39 Å². The Hall–Kier alpha value is -1.43. The van der Waals surface area contributed by atoms with Crippen LogP contribution >= 0.6 is 15.9 Å². The van der Waals surface area contributed by atoms with Gasteiger partial charge in [-0.1, -0.05) is 15.9 Å². The quantitative estimate of drug-likeness (QED) is 0.377. The van der Waals surface area contributed by atoms with Gasteiger partial charge in [-0.3, -0.25) is 0 Å². The number of rotatable bonds is 3. The molecule has 1 aromatic carbocycles. The maximum Gasteiger partial charge on any atom is 0.211 e. The molecule has 1 rings (SSSR count). The molecule has 6 heteroatoms. The van der Waals surface area contributed by atoms with Gasteiger partial charge in [-0.2, -0.15) is 5.10 Å². The second kappa shape index (κ2) is 5.45. The van der Waals surface area contributed by atoms with Gasteiger partial charge in [0.2, 0.25) is 5.96 Å². The van der Waals surface area contributed by atoms with Gasteiger partial charge in [0.25, 0.3) is 0 Å². The van der Waals surface area contributed by atoms with Crippen LogP contribution in [0.2, 0.25) is 0 Å². The van der Waals surface area contributed by atoms with Gasteiger partial charge in [0.15, 0.2) is 0 Å². The Kier molecular flexibility index (Phi) is 4.23. The van der Waals surface area contributed by atoms with Gasteiger partial charge < -0.3 is 11.5 Å². The van der Waals surface area contributed by atoms with Crippen LogP contribution in [-0.2, 0) is 5.33 Å². The number of halogens is 2. The first kappa shape index (κ1) is 11.6. The highest BCUT2D eigenvalue weighted by Crippen LogP contribution is 2.10. The largest absolute Gasteiger partial charge is 0.369 e. The third-order valence-electron chi connectivity index (χ3n) is 1.51. The van der Waals surface area contributed by atoms with Crippen molar-refractivity contribution in [3.8, 4) is 0 Å². The second-order valence-corrected chi connectivity index (χ2v) is 3.36. The molecule has 15 heavy (non-hydrogen) atoms. The maximum atomic E-state index is 13.0. The summed E-state index contributed by atoms with van der Waals surface area (Å²) in [4.78, 5) is 0. The van der Waals surface area contributed by atoms with Crippen molar-refractivity contribution in [3.05, 3.63) is 35.1 Å². The van der Waals surface area contributed by atoms with E-state index in [1.807, 2.05) is 0 Å². The standard InChI is InChI=1S/C9H10BrFN4/c10-4-6-1-7(3-8(11)2-6)5-14-15-9(12)13/h1-3,5H,4H2,(H4,12,13,15). The summed E-state index contributed by atoms with van der Waals surface area (Å²) in [6.45, 7) is 0. The molecule has 0 bridgehead atoms. The molecule has 0 atom stereocenters. The first-order valence-corrected chi connectivity index (χ1v) is 5.21. The number of nitrogens with zero attached hydrogens (tertiary/aromatic N) is 2. The van der Waals surface area contributed by atoms with Crippen molar-refractivity contribution in [1.82, 2.24) is 0 Å². The van der Waals surface area contributed by atoms with E-state index < -0.39 is 0 Å². The summed E-state index contributed by atoms with van der Waals surface area (Å²) in [5.74, 6) is -0.457. The Balaban J connectivity index is 2.90. The minimum Gasteiger partial charge on any atom is -0.369 e. The lowest BCUT2D eigenvalue weighted by Crippen LogP contribution is -2.21. The van der Waals surface area contributed by atoms with Crippen LogP contribution in [0.1, 0.15) is 11.1 Å². The number of guanidine groups is 1. The predicted molar refractivity (Wildman–Crippen MR) is 62.4 cm³/mol. The van der Waals surface area contributed by atoms with E-state index in [2.05, 4.69) is 26.1 Å². The maximum absolute atomic E-state index is 13.0. The average molecular weight is 273 g/mol. The van der Waals surface area contributed by atoms with Gasteiger partial charge in [-0.25, -0.2) is 4.39 Å². The van der Waals surface area contributed by atoms with Crippen molar-refractivity contribution in [2.45, 2.75) is 5.33 Å². The van der Waals surface area contributed by atoms with Crippen LogP contribution in [-0.4, -0.2) is 12.2 Å². The Morgan fingerprint density at radius 3 is 2.73 bits per heavy atom. The first-order valence-electron chi connectivity index (χ1n) is 4.09. The summed E-state index contributed by atoms with van der Waals surface area (Å²) < 4.78 is 13.0. The van der Waals surface area contributed by atoms with Gasteiger partial charge in [0, 0.05) is 5.33 Å². The average Bonchev–Trinajstić information content (AvgIpc) is 2.16. The van der Waals surface area contributed by atoms with Gasteiger partial charge in [0.1, 0.15) is 5.82 Å². The minimum absolute atomic E-state index is 0.136. The molecule has 0 aliphatic carbocycles. The number of hydrogen-bond donors (Lipinski definition) is 2. The van der Waals surface area contributed by atoms with Gasteiger partial charge >= 0.3 is 0 Å². The van der Waals surface area contributed by atoms with E-state index in [4.69, 9.17) is 11.5 Å². The van der Waals surface area contributed by atoms with E-state index in [1.165, 1.54) is 18.3 Å². The molecule has 0 aliphatic rings. The Labute approximate surface area is 95.0 Å². The minimum atomic E-state index is -0.321. The molecular formula is C9H10BrFN4. The van der Waals surface area contributed by atoms with E-state index in [9.17, 15) is 4.39 Å². The number of nitrogens with two attached hydrogens (primary N) is 2. The highest BCUT2D eigenvalue weighted by Gasteiger charge is 1.97. The Bertz CT molecular complexity index is 399. The smallest absolute Gasteiger partial charge is 0.211 e. The van der Waals surface area contributed by atoms with E-state index in [0.29, 0.717) is 10.9 Å². The molecule has 0 radical (unpaired) electrons. The number of alkyl halides is 1.